The number of benzene rings is 1. The predicted molar refractivity (Wildman–Crippen MR) is 85.8 cm³/mol. The summed E-state index contributed by atoms with van der Waals surface area (Å²) >= 11 is 0. The first kappa shape index (κ1) is 16.6. The Bertz CT molecular complexity index is 540. The van der Waals surface area contributed by atoms with Crippen molar-refractivity contribution in [1.29, 1.82) is 0 Å². The molecule has 2 aliphatic rings. The van der Waals surface area contributed by atoms with Crippen LogP contribution in [-0.2, 0) is 11.2 Å². The molecular weight excluding hydrogens is 304 g/mol. The number of nitrogens with two attached hydrogens (primary N) is 1. The molecule has 7 heteroatoms. The van der Waals surface area contributed by atoms with Gasteiger partial charge in [-0.3, -0.25) is 4.79 Å². The summed E-state index contributed by atoms with van der Waals surface area (Å²) in [5, 5.41) is 2.81. The summed E-state index contributed by atoms with van der Waals surface area (Å²) < 4.78 is 0. The van der Waals surface area contributed by atoms with Crippen molar-refractivity contribution in [3.63, 3.8) is 0 Å². The standard InChI is InChI=1S/C15H20N4O2.ClH/c16-13(8-11-4-2-1-3-5-11)14(20)18-6-7-19-12(10-18)9-17-15(19)21;/h1-5,12-13H,6-10,16H2,(H,17,21);1H/t12?,13-;/m0./s1. The summed E-state index contributed by atoms with van der Waals surface area (Å²) in [6.07, 6.45) is 0.543. The Kier molecular flexibility index (Phi) is 5.26. The molecule has 2 fully saturated rings. The van der Waals surface area contributed by atoms with Gasteiger partial charge in [-0.05, 0) is 12.0 Å². The van der Waals surface area contributed by atoms with E-state index in [1.165, 1.54) is 0 Å². The molecule has 1 aromatic rings. The SMILES string of the molecule is Cl.N[C@@H](Cc1ccccc1)C(=O)N1CCN2C(=O)NCC2C1. The average molecular weight is 325 g/mol. The molecule has 2 aliphatic heterocycles. The first-order valence-corrected chi connectivity index (χ1v) is 7.28. The number of hydrogen-bond donors (Lipinski definition) is 2. The average Bonchev–Trinajstić information content (AvgIpc) is 2.88. The van der Waals surface area contributed by atoms with Crippen molar-refractivity contribution in [2.45, 2.75) is 18.5 Å². The van der Waals surface area contributed by atoms with E-state index in [0.29, 0.717) is 32.6 Å². The normalized spacial score (nSPS) is 21.7. The van der Waals surface area contributed by atoms with Crippen molar-refractivity contribution < 1.29 is 9.59 Å². The van der Waals surface area contributed by atoms with Gasteiger partial charge in [-0.2, -0.15) is 0 Å². The minimum absolute atomic E-state index is 0. The van der Waals surface area contributed by atoms with Crippen LogP contribution in [0.2, 0.25) is 0 Å². The fourth-order valence-corrected chi connectivity index (χ4v) is 2.99. The Morgan fingerprint density at radius 3 is 2.77 bits per heavy atom. The fraction of sp³-hybridized carbons (Fsp3) is 0.467. The van der Waals surface area contributed by atoms with E-state index in [0.717, 1.165) is 5.56 Å². The fourth-order valence-electron chi connectivity index (χ4n) is 2.99. The highest BCUT2D eigenvalue weighted by molar-refractivity contribution is 5.85. The zero-order valence-electron chi connectivity index (χ0n) is 12.3. The number of urea groups is 1. The Hall–Kier alpha value is -1.79. The quantitative estimate of drug-likeness (QED) is 0.834. The van der Waals surface area contributed by atoms with E-state index in [4.69, 9.17) is 5.73 Å². The molecule has 0 aromatic heterocycles. The van der Waals surface area contributed by atoms with Gasteiger partial charge in [-0.1, -0.05) is 30.3 Å². The van der Waals surface area contributed by atoms with Crippen molar-refractivity contribution >= 4 is 24.3 Å². The lowest BCUT2D eigenvalue weighted by molar-refractivity contribution is -0.134. The largest absolute Gasteiger partial charge is 0.337 e. The van der Waals surface area contributed by atoms with E-state index >= 15 is 0 Å². The molecule has 0 saturated carbocycles. The molecule has 3 N–H and O–H groups in total. The maximum Gasteiger partial charge on any atom is 0.317 e. The number of hydrogen-bond acceptors (Lipinski definition) is 3. The molecule has 0 radical (unpaired) electrons. The first-order valence-electron chi connectivity index (χ1n) is 7.28. The Morgan fingerprint density at radius 1 is 1.32 bits per heavy atom. The van der Waals surface area contributed by atoms with E-state index in [2.05, 4.69) is 5.32 Å². The zero-order chi connectivity index (χ0) is 14.8. The third-order valence-corrected chi connectivity index (χ3v) is 4.16. The van der Waals surface area contributed by atoms with E-state index in [1.54, 1.807) is 9.80 Å². The number of carbonyl (C=O) groups excluding carboxylic acids is 2. The highest BCUT2D eigenvalue weighted by Crippen LogP contribution is 2.15. The third-order valence-electron chi connectivity index (χ3n) is 4.16. The molecule has 6 nitrogen and oxygen atoms in total. The summed E-state index contributed by atoms with van der Waals surface area (Å²) in [5.41, 5.74) is 7.12. The minimum atomic E-state index is -0.524. The molecule has 2 atom stereocenters. The lowest BCUT2D eigenvalue weighted by Gasteiger charge is -2.37. The van der Waals surface area contributed by atoms with Crippen molar-refractivity contribution in [2.75, 3.05) is 26.2 Å². The van der Waals surface area contributed by atoms with Gasteiger partial charge in [-0.25, -0.2) is 4.79 Å². The molecule has 1 aromatic carbocycles. The molecule has 0 aliphatic carbocycles. The molecule has 2 heterocycles. The van der Waals surface area contributed by atoms with Crippen LogP contribution in [0, 0.1) is 0 Å². The summed E-state index contributed by atoms with van der Waals surface area (Å²) in [6, 6.07) is 9.32. The van der Waals surface area contributed by atoms with Crippen molar-refractivity contribution in [1.82, 2.24) is 15.1 Å². The molecule has 0 bridgehead atoms. The van der Waals surface area contributed by atoms with Gasteiger partial charge < -0.3 is 20.9 Å². The molecule has 22 heavy (non-hydrogen) atoms. The van der Waals surface area contributed by atoms with Gasteiger partial charge in [0.1, 0.15) is 0 Å². The van der Waals surface area contributed by atoms with E-state index in [-0.39, 0.29) is 30.4 Å². The second kappa shape index (κ2) is 6.98. The van der Waals surface area contributed by atoms with Crippen LogP contribution >= 0.6 is 12.4 Å². The van der Waals surface area contributed by atoms with Crippen LogP contribution in [0.5, 0.6) is 0 Å². The van der Waals surface area contributed by atoms with Gasteiger partial charge in [0, 0.05) is 26.2 Å². The van der Waals surface area contributed by atoms with E-state index in [1.807, 2.05) is 30.3 Å². The second-order valence-electron chi connectivity index (χ2n) is 5.61. The van der Waals surface area contributed by atoms with Crippen LogP contribution in [0.15, 0.2) is 30.3 Å². The van der Waals surface area contributed by atoms with Crippen molar-refractivity contribution in [3.05, 3.63) is 35.9 Å². The summed E-state index contributed by atoms with van der Waals surface area (Å²) in [4.78, 5) is 27.6. The second-order valence-corrected chi connectivity index (χ2v) is 5.61. The van der Waals surface area contributed by atoms with Gasteiger partial charge in [-0.15, -0.1) is 12.4 Å². The van der Waals surface area contributed by atoms with Crippen molar-refractivity contribution in [3.8, 4) is 0 Å². The van der Waals surface area contributed by atoms with Crippen LogP contribution in [0.25, 0.3) is 0 Å². The maximum absolute atomic E-state index is 12.4. The molecule has 1 unspecified atom stereocenters. The molecule has 2 saturated heterocycles. The smallest absolute Gasteiger partial charge is 0.317 e. The summed E-state index contributed by atoms with van der Waals surface area (Å²) in [5.74, 6) is -0.0298. The third kappa shape index (κ3) is 3.34. The maximum atomic E-state index is 12.4. The highest BCUT2D eigenvalue weighted by atomic mass is 35.5. The number of rotatable bonds is 3. The molecule has 120 valence electrons. The molecule has 3 amide bonds. The molecule has 3 rings (SSSR count). The Morgan fingerprint density at radius 2 is 2.05 bits per heavy atom. The van der Waals surface area contributed by atoms with E-state index in [9.17, 15) is 9.59 Å². The number of carbonyl (C=O) groups is 2. The number of piperazine rings is 1. The minimum Gasteiger partial charge on any atom is -0.337 e. The molecule has 0 spiro atoms. The van der Waals surface area contributed by atoms with Crippen molar-refractivity contribution in [2.24, 2.45) is 5.73 Å². The lowest BCUT2D eigenvalue weighted by atomic mass is 10.0. The topological polar surface area (TPSA) is 78.7 Å². The van der Waals surface area contributed by atoms with E-state index < -0.39 is 6.04 Å². The Labute approximate surface area is 136 Å². The number of nitrogens with one attached hydrogen (secondary N) is 1. The van der Waals surface area contributed by atoms with Gasteiger partial charge >= 0.3 is 6.03 Å². The number of nitrogens with zero attached hydrogens (tertiary/aromatic N) is 2. The Balaban J connectivity index is 0.00000176. The molecular formula is C15H21ClN4O2. The predicted octanol–water partition coefficient (Wildman–Crippen LogP) is 0.214. The van der Waals surface area contributed by atoms with Gasteiger partial charge in [0.25, 0.3) is 0 Å². The van der Waals surface area contributed by atoms with Crippen LogP contribution < -0.4 is 11.1 Å². The summed E-state index contributed by atoms with van der Waals surface area (Å²) in [6.45, 7) is 2.32. The van der Waals surface area contributed by atoms with Crippen LogP contribution in [0.1, 0.15) is 5.56 Å². The highest BCUT2D eigenvalue weighted by Gasteiger charge is 2.37. The van der Waals surface area contributed by atoms with Crippen LogP contribution in [0.4, 0.5) is 4.79 Å². The first-order chi connectivity index (χ1) is 10.1. The van der Waals surface area contributed by atoms with Gasteiger partial charge in [0.2, 0.25) is 5.91 Å². The number of amides is 3. The zero-order valence-corrected chi connectivity index (χ0v) is 13.1. The summed E-state index contributed by atoms with van der Waals surface area (Å²) in [7, 11) is 0. The van der Waals surface area contributed by atoms with Crippen LogP contribution in [-0.4, -0.2) is 60.0 Å². The number of fused-ring (bicyclic) bond motifs is 1. The number of halogens is 1. The monoisotopic (exact) mass is 324 g/mol. The van der Waals surface area contributed by atoms with Crippen LogP contribution in [0.3, 0.4) is 0 Å². The van der Waals surface area contributed by atoms with Gasteiger partial charge in [0.05, 0.1) is 12.1 Å². The lowest BCUT2D eigenvalue weighted by Crippen LogP contribution is -2.57. The van der Waals surface area contributed by atoms with Gasteiger partial charge in [0.15, 0.2) is 0 Å².